The maximum Gasteiger partial charge on any atom is 0.266 e. The molecule has 1 N–H and O–H groups in total. The van der Waals surface area contributed by atoms with Crippen LogP contribution in [0.4, 0.5) is 10.2 Å². The molecular weight excluding hydrogens is 472 g/mol. The van der Waals surface area contributed by atoms with Crippen LogP contribution in [-0.2, 0) is 13.2 Å². The number of hydrogen-bond acceptors (Lipinski definition) is 4. The van der Waals surface area contributed by atoms with Gasteiger partial charge in [-0.25, -0.2) is 4.39 Å². The van der Waals surface area contributed by atoms with Gasteiger partial charge in [0.25, 0.3) is 5.91 Å². The van der Waals surface area contributed by atoms with Crippen molar-refractivity contribution in [2.24, 2.45) is 0 Å². The lowest BCUT2D eigenvalue weighted by molar-refractivity contribution is 0.103. The van der Waals surface area contributed by atoms with Gasteiger partial charge < -0.3 is 10.1 Å². The van der Waals surface area contributed by atoms with E-state index in [1.807, 2.05) is 36.6 Å². The number of nitrogens with zero attached hydrogens (tertiary/aromatic N) is 2. The van der Waals surface area contributed by atoms with Crippen LogP contribution in [0.15, 0.2) is 60.1 Å². The summed E-state index contributed by atoms with van der Waals surface area (Å²) in [6, 6.07) is 13.7. The number of amides is 1. The van der Waals surface area contributed by atoms with Gasteiger partial charge in [0.2, 0.25) is 0 Å². The fourth-order valence-electron chi connectivity index (χ4n) is 2.93. The third kappa shape index (κ3) is 5.48. The topological polar surface area (TPSA) is 56.1 Å². The van der Waals surface area contributed by atoms with Crippen LogP contribution in [0.1, 0.15) is 26.4 Å². The first-order chi connectivity index (χ1) is 15.4. The quantitative estimate of drug-likeness (QED) is 0.319. The second-order valence-corrected chi connectivity index (χ2v) is 8.86. The number of anilines is 1. The zero-order valence-electron chi connectivity index (χ0n) is 16.9. The zero-order chi connectivity index (χ0) is 22.7. The Balaban J connectivity index is 1.38. The Morgan fingerprint density at radius 2 is 1.94 bits per heavy atom. The Hall–Kier alpha value is -2.87. The van der Waals surface area contributed by atoms with Crippen molar-refractivity contribution in [2.75, 3.05) is 5.32 Å². The van der Waals surface area contributed by atoms with E-state index in [4.69, 9.17) is 27.9 Å². The molecule has 5 nitrogen and oxygen atoms in total. The summed E-state index contributed by atoms with van der Waals surface area (Å²) in [7, 11) is 0. The molecule has 2 aromatic carbocycles. The number of halogens is 3. The zero-order valence-corrected chi connectivity index (χ0v) is 19.3. The molecular formula is C23H18Cl2FN3O2S. The smallest absolute Gasteiger partial charge is 0.266 e. The molecule has 0 spiro atoms. The number of carbonyl (C=O) groups is 1. The molecule has 2 heterocycles. The highest BCUT2D eigenvalue weighted by molar-refractivity contribution is 7.12. The van der Waals surface area contributed by atoms with Crippen molar-refractivity contribution in [3.05, 3.63) is 97.5 Å². The maximum atomic E-state index is 13.2. The number of carbonyl (C=O) groups excluding carboxylic acids is 1. The summed E-state index contributed by atoms with van der Waals surface area (Å²) in [6.07, 6.45) is 1.58. The predicted molar refractivity (Wildman–Crippen MR) is 126 cm³/mol. The highest BCUT2D eigenvalue weighted by Crippen LogP contribution is 2.25. The molecule has 4 rings (SSSR count). The summed E-state index contributed by atoms with van der Waals surface area (Å²) in [5.74, 6) is 0.278. The summed E-state index contributed by atoms with van der Waals surface area (Å²) in [5, 5.41) is 9.48. The molecule has 0 aliphatic carbocycles. The van der Waals surface area contributed by atoms with Gasteiger partial charge in [-0.3, -0.25) is 9.48 Å². The van der Waals surface area contributed by atoms with E-state index in [1.165, 1.54) is 28.2 Å². The third-order valence-electron chi connectivity index (χ3n) is 4.60. The van der Waals surface area contributed by atoms with Crippen molar-refractivity contribution in [3.63, 3.8) is 0 Å². The molecule has 0 saturated carbocycles. The summed E-state index contributed by atoms with van der Waals surface area (Å²) in [4.78, 5) is 13.2. The molecule has 0 unspecified atom stereocenters. The molecule has 0 atom stereocenters. The fourth-order valence-corrected chi connectivity index (χ4v) is 4.14. The van der Waals surface area contributed by atoms with Crippen LogP contribution in [-0.4, -0.2) is 15.7 Å². The van der Waals surface area contributed by atoms with E-state index < -0.39 is 5.82 Å². The normalized spacial score (nSPS) is 10.9. The Bertz CT molecular complexity index is 1250. The van der Waals surface area contributed by atoms with Crippen molar-refractivity contribution < 1.29 is 13.9 Å². The van der Waals surface area contributed by atoms with Crippen molar-refractivity contribution >= 4 is 46.3 Å². The minimum absolute atomic E-state index is 0.237. The Labute approximate surface area is 198 Å². The molecule has 9 heteroatoms. The van der Waals surface area contributed by atoms with Crippen LogP contribution < -0.4 is 10.1 Å². The van der Waals surface area contributed by atoms with Crippen molar-refractivity contribution in [1.29, 1.82) is 0 Å². The lowest BCUT2D eigenvalue weighted by atomic mass is 10.2. The van der Waals surface area contributed by atoms with E-state index in [0.29, 0.717) is 22.1 Å². The Kier molecular flexibility index (Phi) is 6.79. The van der Waals surface area contributed by atoms with E-state index in [-0.39, 0.29) is 23.3 Å². The fraction of sp³-hybridized carbons (Fsp3) is 0.130. The van der Waals surface area contributed by atoms with Gasteiger partial charge in [0, 0.05) is 16.8 Å². The van der Waals surface area contributed by atoms with Crippen molar-refractivity contribution in [3.8, 4) is 5.75 Å². The van der Waals surface area contributed by atoms with Crippen LogP contribution in [0.3, 0.4) is 0 Å². The number of benzene rings is 2. The number of rotatable bonds is 7. The SMILES string of the molecule is Cc1ccc(OCc2csc(C(=O)Nc3nn(Cc4ccc(F)cc4Cl)cc3Cl)c2)cc1. The van der Waals surface area contributed by atoms with Crippen molar-refractivity contribution in [2.45, 2.75) is 20.1 Å². The van der Waals surface area contributed by atoms with Gasteiger partial charge in [-0.2, -0.15) is 5.10 Å². The first-order valence-corrected chi connectivity index (χ1v) is 11.3. The lowest BCUT2D eigenvalue weighted by Gasteiger charge is -2.05. The van der Waals surface area contributed by atoms with Crippen LogP contribution in [0.5, 0.6) is 5.75 Å². The molecule has 164 valence electrons. The molecule has 0 bridgehead atoms. The highest BCUT2D eigenvalue weighted by Gasteiger charge is 2.15. The van der Waals surface area contributed by atoms with Gasteiger partial charge in [-0.15, -0.1) is 11.3 Å². The average molecular weight is 490 g/mol. The minimum atomic E-state index is -0.412. The van der Waals surface area contributed by atoms with E-state index in [0.717, 1.165) is 16.9 Å². The molecule has 0 aliphatic rings. The molecule has 0 radical (unpaired) electrons. The van der Waals surface area contributed by atoms with Crippen molar-refractivity contribution in [1.82, 2.24) is 9.78 Å². The first-order valence-electron chi connectivity index (χ1n) is 9.62. The Morgan fingerprint density at radius 1 is 1.16 bits per heavy atom. The summed E-state index contributed by atoms with van der Waals surface area (Å²) in [5.41, 5.74) is 2.73. The Morgan fingerprint density at radius 3 is 2.69 bits per heavy atom. The molecule has 2 aromatic heterocycles. The second kappa shape index (κ2) is 9.73. The lowest BCUT2D eigenvalue weighted by Crippen LogP contribution is -2.12. The average Bonchev–Trinajstić information content (AvgIpc) is 3.36. The molecule has 32 heavy (non-hydrogen) atoms. The van der Waals surface area contributed by atoms with E-state index in [2.05, 4.69) is 10.4 Å². The van der Waals surface area contributed by atoms with E-state index in [9.17, 15) is 9.18 Å². The monoisotopic (exact) mass is 489 g/mol. The largest absolute Gasteiger partial charge is 0.489 e. The van der Waals surface area contributed by atoms with Gasteiger partial charge in [0.05, 0.1) is 11.4 Å². The highest BCUT2D eigenvalue weighted by atomic mass is 35.5. The summed E-state index contributed by atoms with van der Waals surface area (Å²) in [6.45, 7) is 2.66. The van der Waals surface area contributed by atoms with Crippen LogP contribution in [0.2, 0.25) is 10.0 Å². The number of ether oxygens (including phenoxy) is 1. The number of nitrogens with one attached hydrogen (secondary N) is 1. The third-order valence-corrected chi connectivity index (χ3v) is 6.21. The minimum Gasteiger partial charge on any atom is -0.489 e. The molecule has 4 aromatic rings. The summed E-state index contributed by atoms with van der Waals surface area (Å²) >= 11 is 13.6. The summed E-state index contributed by atoms with van der Waals surface area (Å²) < 4.78 is 20.5. The number of thiophene rings is 1. The molecule has 0 saturated heterocycles. The number of aryl methyl sites for hydroxylation is 1. The van der Waals surface area contributed by atoms with Gasteiger partial charge in [-0.1, -0.05) is 47.0 Å². The van der Waals surface area contributed by atoms with E-state index in [1.54, 1.807) is 18.3 Å². The molecule has 0 aliphatic heterocycles. The van der Waals surface area contributed by atoms with Gasteiger partial charge in [0.15, 0.2) is 5.82 Å². The predicted octanol–water partition coefficient (Wildman–Crippen LogP) is 6.58. The second-order valence-electron chi connectivity index (χ2n) is 7.13. The van der Waals surface area contributed by atoms with E-state index >= 15 is 0 Å². The number of hydrogen-bond donors (Lipinski definition) is 1. The van der Waals surface area contributed by atoms with Crippen LogP contribution in [0, 0.1) is 12.7 Å². The van der Waals surface area contributed by atoms with Crippen LogP contribution >= 0.6 is 34.5 Å². The number of aromatic nitrogens is 2. The van der Waals surface area contributed by atoms with Gasteiger partial charge in [-0.05, 0) is 48.2 Å². The molecule has 1 amide bonds. The maximum absolute atomic E-state index is 13.2. The van der Waals surface area contributed by atoms with Gasteiger partial charge in [0.1, 0.15) is 23.2 Å². The standard InChI is InChI=1S/C23H18Cl2FN3O2S/c1-14-2-6-18(7-3-14)31-12-15-8-21(32-13-15)23(30)27-22-20(25)11-29(28-22)10-16-4-5-17(26)9-19(16)24/h2-9,11,13H,10,12H2,1H3,(H,27,28,30). The first kappa shape index (κ1) is 22.3. The van der Waals surface area contributed by atoms with Gasteiger partial charge >= 0.3 is 0 Å². The van der Waals surface area contributed by atoms with Crippen LogP contribution in [0.25, 0.3) is 0 Å². The molecule has 0 fully saturated rings.